The number of hydrogen-bond acceptors (Lipinski definition) is 1. The zero-order valence-corrected chi connectivity index (χ0v) is 3.18. The van der Waals surface area contributed by atoms with Crippen molar-refractivity contribution in [2.75, 3.05) is 0 Å². The van der Waals surface area contributed by atoms with E-state index in [-0.39, 0.29) is 0 Å². The van der Waals surface area contributed by atoms with Crippen LogP contribution in [0.3, 0.4) is 0 Å². The predicted molar refractivity (Wildman–Crippen MR) is 21.9 cm³/mol. The third kappa shape index (κ3) is 0.549. The molecule has 0 bridgehead atoms. The van der Waals surface area contributed by atoms with E-state index in [0.29, 0.717) is 0 Å². The lowest BCUT2D eigenvalue weighted by atomic mass is 10.5. The molecule has 0 atom stereocenters. The summed E-state index contributed by atoms with van der Waals surface area (Å²) in [5, 5.41) is 0. The number of pyridine rings is 1. The fourth-order valence-corrected chi connectivity index (χ4v) is 0.246. The van der Waals surface area contributed by atoms with Crippen molar-refractivity contribution in [2.24, 2.45) is 0 Å². The first-order valence-corrected chi connectivity index (χ1v) is 1.68. The molecule has 2 radical (unpaired) electrons. The van der Waals surface area contributed by atoms with Gasteiger partial charge in [-0.15, -0.1) is 0 Å². The van der Waals surface area contributed by atoms with Crippen molar-refractivity contribution in [3.05, 3.63) is 30.6 Å². The minimum atomic E-state index is 1.57. The van der Waals surface area contributed by atoms with E-state index in [1.807, 2.05) is 0 Å². The van der Waals surface area contributed by atoms with Gasteiger partial charge in [0.2, 0.25) is 0 Å². The van der Waals surface area contributed by atoms with Gasteiger partial charge in [0.05, 0.1) is 6.20 Å². The molecule has 0 aromatic carbocycles. The lowest BCUT2D eigenvalue weighted by molar-refractivity contribution is 1.31. The SMILES string of the molecule is [c]1cc[c]nc1. The summed E-state index contributed by atoms with van der Waals surface area (Å²) in [6.45, 7) is 0. The predicted octanol–water partition coefficient (Wildman–Crippen LogP) is 0.682. The molecule has 0 fully saturated rings. The number of nitrogens with zero attached hydrogens (tertiary/aromatic N) is 1. The van der Waals surface area contributed by atoms with Gasteiger partial charge in [0, 0.05) is 12.3 Å². The Bertz CT molecular complexity index is 75.9. The summed E-state index contributed by atoms with van der Waals surface area (Å²) in [6, 6.07) is 6.22. The Balaban J connectivity index is 3.00. The van der Waals surface area contributed by atoms with E-state index in [2.05, 4.69) is 17.2 Å². The highest BCUT2D eigenvalue weighted by Gasteiger charge is 1.61. The molecule has 0 aliphatic heterocycles. The van der Waals surface area contributed by atoms with Crippen LogP contribution in [0.15, 0.2) is 18.3 Å². The fraction of sp³-hybridized carbons (Fsp3) is 0. The minimum Gasteiger partial charge on any atom is -0.254 e. The summed E-state index contributed by atoms with van der Waals surface area (Å²) in [4.78, 5) is 3.60. The zero-order chi connectivity index (χ0) is 4.24. The van der Waals surface area contributed by atoms with E-state index in [0.717, 1.165) is 0 Å². The average molecular weight is 77.1 g/mol. The molecule has 0 aliphatic rings. The monoisotopic (exact) mass is 77.0 g/mol. The van der Waals surface area contributed by atoms with Crippen LogP contribution in [0.5, 0.6) is 0 Å². The lowest BCUT2D eigenvalue weighted by Crippen LogP contribution is -1.61. The lowest BCUT2D eigenvalue weighted by Gasteiger charge is -1.67. The Hall–Kier alpha value is -0.850. The highest BCUT2D eigenvalue weighted by Crippen LogP contribution is 1.71. The molecule has 1 heteroatoms. The van der Waals surface area contributed by atoms with Gasteiger partial charge in [-0.2, -0.15) is 0 Å². The number of aromatic nitrogens is 1. The van der Waals surface area contributed by atoms with Crippen LogP contribution >= 0.6 is 0 Å². The third-order valence-electron chi connectivity index (χ3n) is 0.468. The average Bonchev–Trinajstić information content (AvgIpc) is 1.72. The summed E-state index contributed by atoms with van der Waals surface area (Å²) in [5.41, 5.74) is 0. The Kier molecular flexibility index (Phi) is 0.865. The number of hydrogen-bond donors (Lipinski definition) is 0. The summed E-state index contributed by atoms with van der Waals surface area (Å²) < 4.78 is 0. The highest BCUT2D eigenvalue weighted by molar-refractivity contribution is 4.84. The van der Waals surface area contributed by atoms with Gasteiger partial charge >= 0.3 is 0 Å². The second-order valence-corrected chi connectivity index (χ2v) is 0.887. The highest BCUT2D eigenvalue weighted by atomic mass is 14.6. The van der Waals surface area contributed by atoms with Crippen molar-refractivity contribution in [3.63, 3.8) is 0 Å². The van der Waals surface area contributed by atoms with Crippen molar-refractivity contribution in [3.8, 4) is 0 Å². The Morgan fingerprint density at radius 1 is 1.33 bits per heavy atom. The van der Waals surface area contributed by atoms with Crippen molar-refractivity contribution >= 4 is 0 Å². The van der Waals surface area contributed by atoms with E-state index in [1.165, 1.54) is 0 Å². The van der Waals surface area contributed by atoms with Gasteiger partial charge in [-0.05, 0) is 6.07 Å². The molecule has 0 saturated carbocycles. The van der Waals surface area contributed by atoms with Crippen LogP contribution in [0.4, 0.5) is 0 Å². The molecule has 6 heavy (non-hydrogen) atoms. The third-order valence-corrected chi connectivity index (χ3v) is 0.468. The molecule has 0 saturated heterocycles. The molecule has 1 aromatic rings. The molecule has 0 unspecified atom stereocenters. The Morgan fingerprint density at radius 3 is 2.50 bits per heavy atom. The van der Waals surface area contributed by atoms with Crippen LogP contribution in [0.1, 0.15) is 0 Å². The molecule has 0 amide bonds. The summed E-state index contributed by atoms with van der Waals surface area (Å²) in [6.07, 6.45) is 4.18. The Labute approximate surface area is 36.7 Å². The first-order chi connectivity index (χ1) is 3.00. The smallest absolute Gasteiger partial charge is 0.0886 e. The van der Waals surface area contributed by atoms with Crippen LogP contribution in [0.2, 0.25) is 0 Å². The maximum absolute atomic E-state index is 3.60. The molecule has 0 aliphatic carbocycles. The summed E-state index contributed by atoms with van der Waals surface area (Å²) in [5.74, 6) is 0. The van der Waals surface area contributed by atoms with Crippen molar-refractivity contribution in [1.29, 1.82) is 0 Å². The molecular weight excluding hydrogens is 74.1 g/mol. The van der Waals surface area contributed by atoms with Crippen molar-refractivity contribution in [2.45, 2.75) is 0 Å². The van der Waals surface area contributed by atoms with Crippen LogP contribution in [-0.2, 0) is 0 Å². The van der Waals surface area contributed by atoms with E-state index >= 15 is 0 Å². The van der Waals surface area contributed by atoms with Gasteiger partial charge in [0.25, 0.3) is 0 Å². The van der Waals surface area contributed by atoms with E-state index in [4.69, 9.17) is 0 Å². The van der Waals surface area contributed by atoms with E-state index in [1.54, 1.807) is 18.3 Å². The molecular formula is C5H3N. The van der Waals surface area contributed by atoms with E-state index in [9.17, 15) is 0 Å². The second-order valence-electron chi connectivity index (χ2n) is 0.887. The van der Waals surface area contributed by atoms with Crippen LogP contribution in [-0.4, -0.2) is 4.98 Å². The van der Waals surface area contributed by atoms with Gasteiger partial charge in [0.15, 0.2) is 0 Å². The molecule has 0 N–H and O–H groups in total. The standard InChI is InChI=1S/C5H3N/c1-2-4-6-5-3-1/h1-2,5H. The second kappa shape index (κ2) is 1.55. The van der Waals surface area contributed by atoms with Gasteiger partial charge in [-0.25, -0.2) is 0 Å². The largest absolute Gasteiger partial charge is 0.254 e. The molecule has 1 aromatic heterocycles. The van der Waals surface area contributed by atoms with Crippen molar-refractivity contribution < 1.29 is 0 Å². The van der Waals surface area contributed by atoms with E-state index < -0.39 is 0 Å². The quantitative estimate of drug-likeness (QED) is 0.443. The van der Waals surface area contributed by atoms with Gasteiger partial charge in [0.1, 0.15) is 0 Å². The first-order valence-electron chi connectivity index (χ1n) is 1.68. The molecule has 1 nitrogen and oxygen atoms in total. The van der Waals surface area contributed by atoms with Crippen molar-refractivity contribution in [1.82, 2.24) is 4.98 Å². The van der Waals surface area contributed by atoms with Gasteiger partial charge in [-0.1, -0.05) is 6.07 Å². The topological polar surface area (TPSA) is 12.9 Å². The molecule has 1 rings (SSSR count). The Morgan fingerprint density at radius 2 is 2.33 bits per heavy atom. The van der Waals surface area contributed by atoms with Crippen LogP contribution < -0.4 is 0 Å². The summed E-state index contributed by atoms with van der Waals surface area (Å²) in [7, 11) is 0. The number of rotatable bonds is 0. The van der Waals surface area contributed by atoms with Crippen LogP contribution in [0, 0.1) is 12.3 Å². The maximum atomic E-state index is 3.60. The van der Waals surface area contributed by atoms with Gasteiger partial charge < -0.3 is 0 Å². The minimum absolute atomic E-state index is 1.57. The van der Waals surface area contributed by atoms with Crippen LogP contribution in [0.25, 0.3) is 0 Å². The fourth-order valence-electron chi connectivity index (χ4n) is 0.246. The zero-order valence-electron chi connectivity index (χ0n) is 3.18. The maximum Gasteiger partial charge on any atom is 0.0886 e. The van der Waals surface area contributed by atoms with Gasteiger partial charge in [-0.3, -0.25) is 4.98 Å². The molecule has 0 spiro atoms. The first kappa shape index (κ1) is 3.34. The normalized spacial score (nSPS) is 8.00. The molecule has 28 valence electrons. The summed E-state index contributed by atoms with van der Waals surface area (Å²) >= 11 is 0. The molecule has 1 heterocycles.